The summed E-state index contributed by atoms with van der Waals surface area (Å²) in [7, 11) is 0. The zero-order valence-corrected chi connectivity index (χ0v) is 15.7. The molecule has 3 rings (SSSR count). The fourth-order valence-electron chi connectivity index (χ4n) is 2.21. The van der Waals surface area contributed by atoms with Gasteiger partial charge in [-0.05, 0) is 43.0 Å². The summed E-state index contributed by atoms with van der Waals surface area (Å²) in [6.45, 7) is 2.12. The first kappa shape index (κ1) is 16.6. The minimum atomic E-state index is 0.929. The van der Waals surface area contributed by atoms with E-state index in [0.29, 0.717) is 0 Å². The summed E-state index contributed by atoms with van der Waals surface area (Å²) in [5, 5.41) is 3.38. The molecule has 3 aromatic rings. The summed E-state index contributed by atoms with van der Waals surface area (Å²) in [5.74, 6) is 0.934. The highest BCUT2D eigenvalue weighted by Gasteiger charge is 2.04. The quantitative estimate of drug-likeness (QED) is 0.498. The van der Waals surface area contributed by atoms with E-state index in [9.17, 15) is 0 Å². The van der Waals surface area contributed by atoms with Crippen LogP contribution in [0.1, 0.15) is 21.8 Å². The average molecular weight is 358 g/mol. The number of rotatable bonds is 6. The molecule has 0 fully saturated rings. The minimum absolute atomic E-state index is 0.929. The maximum atomic E-state index is 4.77. The number of thioether (sulfide) groups is 2. The molecule has 0 saturated heterocycles. The van der Waals surface area contributed by atoms with E-state index < -0.39 is 0 Å². The van der Waals surface area contributed by atoms with Gasteiger partial charge >= 0.3 is 0 Å². The summed E-state index contributed by atoms with van der Waals surface area (Å²) in [6, 6.07) is 17.5. The molecular formula is C19H19NS3. The minimum Gasteiger partial charge on any atom is -0.245 e. The average Bonchev–Trinajstić information content (AvgIpc) is 3.03. The van der Waals surface area contributed by atoms with Crippen LogP contribution in [0.15, 0.2) is 63.7 Å². The first-order valence-corrected chi connectivity index (χ1v) is 10.6. The van der Waals surface area contributed by atoms with Gasteiger partial charge in [0.05, 0.1) is 10.7 Å². The van der Waals surface area contributed by atoms with E-state index in [1.165, 1.54) is 31.6 Å². The molecule has 0 radical (unpaired) electrons. The Labute approximate surface area is 150 Å². The fraction of sp³-hybridized carbons (Fsp3) is 0.211. The SMILES string of the molecule is CSc1ccc(SCc2csc(Cc3ccc(C)cc3)n2)cc1. The Bertz CT molecular complexity index is 745. The van der Waals surface area contributed by atoms with Crippen molar-refractivity contribution in [3.63, 3.8) is 0 Å². The van der Waals surface area contributed by atoms with E-state index in [4.69, 9.17) is 4.98 Å². The van der Waals surface area contributed by atoms with Gasteiger partial charge in [0.1, 0.15) is 0 Å². The van der Waals surface area contributed by atoms with Gasteiger partial charge in [0.15, 0.2) is 0 Å². The maximum Gasteiger partial charge on any atom is 0.0972 e. The molecule has 0 amide bonds. The Morgan fingerprint density at radius 1 is 0.957 bits per heavy atom. The van der Waals surface area contributed by atoms with Crippen LogP contribution in [0.25, 0.3) is 0 Å². The molecule has 118 valence electrons. The van der Waals surface area contributed by atoms with Crippen molar-refractivity contribution in [1.29, 1.82) is 0 Å². The third kappa shape index (κ3) is 4.87. The van der Waals surface area contributed by atoms with Gasteiger partial charge in [-0.2, -0.15) is 0 Å². The monoisotopic (exact) mass is 357 g/mol. The van der Waals surface area contributed by atoms with Crippen molar-refractivity contribution in [3.8, 4) is 0 Å². The topological polar surface area (TPSA) is 12.9 Å². The molecule has 0 aliphatic heterocycles. The number of thiazole rings is 1. The van der Waals surface area contributed by atoms with Gasteiger partial charge in [-0.15, -0.1) is 34.9 Å². The molecule has 1 aromatic heterocycles. The molecule has 0 aliphatic carbocycles. The van der Waals surface area contributed by atoms with Gasteiger partial charge in [0.2, 0.25) is 0 Å². The first-order chi connectivity index (χ1) is 11.2. The molecular weight excluding hydrogens is 338 g/mol. The van der Waals surface area contributed by atoms with E-state index in [0.717, 1.165) is 12.2 Å². The summed E-state index contributed by atoms with van der Waals surface area (Å²) < 4.78 is 0. The van der Waals surface area contributed by atoms with Crippen LogP contribution in [0.3, 0.4) is 0 Å². The Hall–Kier alpha value is -1.23. The van der Waals surface area contributed by atoms with Gasteiger partial charge in [0, 0.05) is 27.3 Å². The number of aromatic nitrogens is 1. The summed E-state index contributed by atoms with van der Waals surface area (Å²) in [6.07, 6.45) is 3.03. The lowest BCUT2D eigenvalue weighted by atomic mass is 10.1. The molecule has 23 heavy (non-hydrogen) atoms. The molecule has 0 atom stereocenters. The Kier molecular flexibility index (Phi) is 5.81. The molecule has 2 aromatic carbocycles. The highest BCUT2D eigenvalue weighted by atomic mass is 32.2. The largest absolute Gasteiger partial charge is 0.245 e. The van der Waals surface area contributed by atoms with Crippen LogP contribution in [0.2, 0.25) is 0 Å². The molecule has 4 heteroatoms. The lowest BCUT2D eigenvalue weighted by molar-refractivity contribution is 1.09. The summed E-state index contributed by atoms with van der Waals surface area (Å²) >= 11 is 5.39. The maximum absolute atomic E-state index is 4.77. The number of aryl methyl sites for hydroxylation is 1. The second-order valence-electron chi connectivity index (χ2n) is 5.36. The Balaban J connectivity index is 1.57. The van der Waals surface area contributed by atoms with Crippen LogP contribution in [0.5, 0.6) is 0 Å². The lowest BCUT2D eigenvalue weighted by Gasteiger charge is -2.01. The first-order valence-electron chi connectivity index (χ1n) is 7.48. The number of nitrogens with zero attached hydrogens (tertiary/aromatic N) is 1. The van der Waals surface area contributed by atoms with E-state index in [-0.39, 0.29) is 0 Å². The summed E-state index contributed by atoms with van der Waals surface area (Å²) in [4.78, 5) is 7.38. The summed E-state index contributed by atoms with van der Waals surface area (Å²) in [5.41, 5.74) is 3.81. The zero-order valence-electron chi connectivity index (χ0n) is 13.3. The van der Waals surface area contributed by atoms with Gasteiger partial charge in [-0.25, -0.2) is 4.98 Å². The van der Waals surface area contributed by atoms with Crippen LogP contribution in [-0.2, 0) is 12.2 Å². The third-order valence-electron chi connectivity index (χ3n) is 3.52. The number of hydrogen-bond acceptors (Lipinski definition) is 4. The van der Waals surface area contributed by atoms with Crippen LogP contribution < -0.4 is 0 Å². The fourth-order valence-corrected chi connectivity index (χ4v) is 4.34. The molecule has 0 unspecified atom stereocenters. The van der Waals surface area contributed by atoms with Crippen molar-refractivity contribution in [1.82, 2.24) is 4.98 Å². The van der Waals surface area contributed by atoms with Gasteiger partial charge < -0.3 is 0 Å². The van der Waals surface area contributed by atoms with Crippen molar-refractivity contribution < 1.29 is 0 Å². The third-order valence-corrected chi connectivity index (χ3v) is 6.21. The standard InChI is InChI=1S/C19H19NS3/c1-14-3-5-15(6-4-14)11-19-20-16(13-23-19)12-22-18-9-7-17(21-2)8-10-18/h3-10,13H,11-12H2,1-2H3. The van der Waals surface area contributed by atoms with Gasteiger partial charge in [-0.1, -0.05) is 29.8 Å². The lowest BCUT2D eigenvalue weighted by Crippen LogP contribution is -1.88. The van der Waals surface area contributed by atoms with Crippen molar-refractivity contribution in [2.75, 3.05) is 6.26 Å². The Morgan fingerprint density at radius 3 is 2.35 bits per heavy atom. The highest BCUT2D eigenvalue weighted by Crippen LogP contribution is 2.26. The second kappa shape index (κ2) is 8.04. The van der Waals surface area contributed by atoms with E-state index >= 15 is 0 Å². The van der Waals surface area contributed by atoms with Crippen LogP contribution in [0.4, 0.5) is 0 Å². The normalized spacial score (nSPS) is 10.9. The van der Waals surface area contributed by atoms with E-state index in [2.05, 4.69) is 67.1 Å². The van der Waals surface area contributed by atoms with Gasteiger partial charge in [-0.3, -0.25) is 0 Å². The predicted octanol–water partition coefficient (Wildman–Crippen LogP) is 6.06. The van der Waals surface area contributed by atoms with Crippen LogP contribution in [0, 0.1) is 6.92 Å². The smallest absolute Gasteiger partial charge is 0.0972 e. The molecule has 0 N–H and O–H groups in total. The second-order valence-corrected chi connectivity index (χ2v) is 8.23. The molecule has 0 bridgehead atoms. The van der Waals surface area contributed by atoms with Crippen molar-refractivity contribution >= 4 is 34.9 Å². The Morgan fingerprint density at radius 2 is 1.65 bits per heavy atom. The van der Waals surface area contributed by atoms with E-state index in [1.54, 1.807) is 23.1 Å². The van der Waals surface area contributed by atoms with Crippen molar-refractivity contribution in [3.05, 3.63) is 75.7 Å². The number of benzene rings is 2. The highest BCUT2D eigenvalue weighted by molar-refractivity contribution is 7.99. The van der Waals surface area contributed by atoms with Gasteiger partial charge in [0.25, 0.3) is 0 Å². The molecule has 1 nitrogen and oxygen atoms in total. The van der Waals surface area contributed by atoms with Crippen molar-refractivity contribution in [2.45, 2.75) is 28.9 Å². The van der Waals surface area contributed by atoms with Crippen molar-refractivity contribution in [2.24, 2.45) is 0 Å². The molecule has 0 aliphatic rings. The van der Waals surface area contributed by atoms with E-state index in [1.807, 2.05) is 11.8 Å². The molecule has 1 heterocycles. The number of hydrogen-bond donors (Lipinski definition) is 0. The van der Waals surface area contributed by atoms with Crippen LogP contribution >= 0.6 is 34.9 Å². The predicted molar refractivity (Wildman–Crippen MR) is 104 cm³/mol. The van der Waals surface area contributed by atoms with Crippen LogP contribution in [-0.4, -0.2) is 11.2 Å². The zero-order chi connectivity index (χ0) is 16.1. The molecule has 0 spiro atoms. The molecule has 0 saturated carbocycles.